The van der Waals surface area contributed by atoms with Crippen molar-refractivity contribution < 1.29 is 18.7 Å². The van der Waals surface area contributed by atoms with E-state index in [-0.39, 0.29) is 18.3 Å². The van der Waals surface area contributed by atoms with E-state index < -0.39 is 0 Å². The largest absolute Gasteiger partial charge is 0.496 e. The fourth-order valence-corrected chi connectivity index (χ4v) is 3.30. The molecule has 0 unspecified atom stereocenters. The van der Waals surface area contributed by atoms with Gasteiger partial charge in [-0.1, -0.05) is 24.3 Å². The highest BCUT2D eigenvalue weighted by Crippen LogP contribution is 2.25. The van der Waals surface area contributed by atoms with E-state index in [4.69, 9.17) is 9.47 Å². The molecular formula is C22H27FN2O3. The van der Waals surface area contributed by atoms with Crippen molar-refractivity contribution in [2.45, 2.75) is 32.4 Å². The molecule has 0 bridgehead atoms. The molecule has 28 heavy (non-hydrogen) atoms. The summed E-state index contributed by atoms with van der Waals surface area (Å²) in [7, 11) is 1.62. The average Bonchev–Trinajstić information content (AvgIpc) is 3.12. The van der Waals surface area contributed by atoms with Gasteiger partial charge in [0, 0.05) is 43.2 Å². The molecule has 0 atom stereocenters. The van der Waals surface area contributed by atoms with Crippen molar-refractivity contribution in [3.05, 3.63) is 59.4 Å². The monoisotopic (exact) mass is 386 g/mol. The lowest BCUT2D eigenvalue weighted by Crippen LogP contribution is -2.28. The molecule has 1 aliphatic rings. The Balaban J connectivity index is 1.46. The van der Waals surface area contributed by atoms with E-state index in [2.05, 4.69) is 5.32 Å². The fraction of sp³-hybridized carbons (Fsp3) is 0.409. The molecule has 3 rings (SSSR count). The van der Waals surface area contributed by atoms with Crippen LogP contribution < -0.4 is 14.8 Å². The summed E-state index contributed by atoms with van der Waals surface area (Å²) in [5.74, 6) is 1.36. The molecule has 1 saturated heterocycles. The van der Waals surface area contributed by atoms with Crippen LogP contribution in [0.15, 0.2) is 42.5 Å². The topological polar surface area (TPSA) is 50.8 Å². The minimum atomic E-state index is -0.272. The predicted octanol–water partition coefficient (Wildman–Crippen LogP) is 3.52. The normalized spacial score (nSPS) is 13.8. The predicted molar refractivity (Wildman–Crippen MR) is 106 cm³/mol. The number of ether oxygens (including phenoxy) is 2. The van der Waals surface area contributed by atoms with Gasteiger partial charge in [0.05, 0.1) is 7.11 Å². The third kappa shape index (κ3) is 5.45. The molecule has 1 aliphatic heterocycles. The van der Waals surface area contributed by atoms with Gasteiger partial charge >= 0.3 is 0 Å². The fourth-order valence-electron chi connectivity index (χ4n) is 3.30. The van der Waals surface area contributed by atoms with E-state index in [1.54, 1.807) is 25.3 Å². The van der Waals surface area contributed by atoms with Gasteiger partial charge in [-0.2, -0.15) is 0 Å². The first kappa shape index (κ1) is 20.1. The lowest BCUT2D eigenvalue weighted by molar-refractivity contribution is -0.127. The molecule has 2 aromatic carbocycles. The van der Waals surface area contributed by atoms with Gasteiger partial charge < -0.3 is 19.7 Å². The highest BCUT2D eigenvalue weighted by molar-refractivity contribution is 5.77. The first-order valence-corrected chi connectivity index (χ1v) is 9.69. The van der Waals surface area contributed by atoms with Crippen molar-refractivity contribution in [2.24, 2.45) is 0 Å². The summed E-state index contributed by atoms with van der Waals surface area (Å²) in [4.78, 5) is 13.5. The Morgan fingerprint density at radius 1 is 1.18 bits per heavy atom. The summed E-state index contributed by atoms with van der Waals surface area (Å²) in [5, 5.41) is 3.39. The molecule has 5 nitrogen and oxygen atoms in total. The maximum atomic E-state index is 13.7. The molecule has 1 N–H and O–H groups in total. The van der Waals surface area contributed by atoms with Gasteiger partial charge in [0.15, 0.2) is 0 Å². The molecule has 1 heterocycles. The zero-order chi connectivity index (χ0) is 19.8. The molecule has 0 radical (unpaired) electrons. The van der Waals surface area contributed by atoms with Crippen molar-refractivity contribution in [2.75, 3.05) is 26.7 Å². The van der Waals surface area contributed by atoms with Crippen LogP contribution in [0, 0.1) is 5.82 Å². The maximum absolute atomic E-state index is 13.7. The zero-order valence-corrected chi connectivity index (χ0v) is 16.2. The van der Waals surface area contributed by atoms with Gasteiger partial charge in [-0.15, -0.1) is 0 Å². The number of hydrogen-bond acceptors (Lipinski definition) is 4. The van der Waals surface area contributed by atoms with Crippen LogP contribution in [0.5, 0.6) is 11.5 Å². The Morgan fingerprint density at radius 3 is 2.79 bits per heavy atom. The SMILES string of the molecule is COc1cc(OCc2ccccc2F)ccc1CNCCCN1CCCC1=O. The Bertz CT molecular complexity index is 797. The summed E-state index contributed by atoms with van der Waals surface area (Å²) >= 11 is 0. The number of amides is 1. The Hall–Kier alpha value is -2.60. The van der Waals surface area contributed by atoms with Gasteiger partial charge in [-0.3, -0.25) is 4.79 Å². The van der Waals surface area contributed by atoms with E-state index in [1.165, 1.54) is 6.07 Å². The molecule has 0 spiro atoms. The van der Waals surface area contributed by atoms with Crippen molar-refractivity contribution in [3.8, 4) is 11.5 Å². The second-order valence-electron chi connectivity index (χ2n) is 6.87. The van der Waals surface area contributed by atoms with Crippen LogP contribution in [0.2, 0.25) is 0 Å². The summed E-state index contributed by atoms with van der Waals surface area (Å²) in [6.45, 7) is 3.37. The Morgan fingerprint density at radius 2 is 2.04 bits per heavy atom. The summed E-state index contributed by atoms with van der Waals surface area (Å²) in [6.07, 6.45) is 2.60. The van der Waals surface area contributed by atoms with Crippen molar-refractivity contribution in [1.29, 1.82) is 0 Å². The highest BCUT2D eigenvalue weighted by Gasteiger charge is 2.18. The third-order valence-electron chi connectivity index (χ3n) is 4.88. The van der Waals surface area contributed by atoms with Crippen molar-refractivity contribution in [1.82, 2.24) is 10.2 Å². The molecule has 2 aromatic rings. The van der Waals surface area contributed by atoms with Crippen LogP contribution in [0.1, 0.15) is 30.4 Å². The standard InChI is InChI=1S/C22H27FN2O3/c1-27-21-14-19(28-16-18-6-2-3-7-20(18)23)10-9-17(21)15-24-11-5-13-25-12-4-8-22(25)26/h2-3,6-7,9-10,14,24H,4-5,8,11-13,15-16H2,1H3. The zero-order valence-electron chi connectivity index (χ0n) is 16.2. The minimum absolute atomic E-state index is 0.169. The number of carbonyl (C=O) groups excluding carboxylic acids is 1. The molecule has 6 heteroatoms. The van der Waals surface area contributed by atoms with Gasteiger partial charge in [0.2, 0.25) is 5.91 Å². The van der Waals surface area contributed by atoms with Crippen LogP contribution in [0.25, 0.3) is 0 Å². The summed E-state index contributed by atoms with van der Waals surface area (Å²) in [5.41, 5.74) is 1.54. The van der Waals surface area contributed by atoms with Gasteiger partial charge in [-0.05, 0) is 31.5 Å². The lowest BCUT2D eigenvalue weighted by atomic mass is 10.2. The highest BCUT2D eigenvalue weighted by atomic mass is 19.1. The number of nitrogens with zero attached hydrogens (tertiary/aromatic N) is 1. The van der Waals surface area contributed by atoms with E-state index in [0.717, 1.165) is 43.8 Å². The van der Waals surface area contributed by atoms with E-state index in [9.17, 15) is 9.18 Å². The van der Waals surface area contributed by atoms with Crippen molar-refractivity contribution >= 4 is 5.91 Å². The first-order chi connectivity index (χ1) is 13.7. The van der Waals surface area contributed by atoms with Crippen LogP contribution >= 0.6 is 0 Å². The van der Waals surface area contributed by atoms with Crippen LogP contribution in [-0.4, -0.2) is 37.6 Å². The summed E-state index contributed by atoms with van der Waals surface area (Å²) in [6, 6.07) is 12.2. The second-order valence-corrected chi connectivity index (χ2v) is 6.87. The number of methoxy groups -OCH3 is 1. The average molecular weight is 386 g/mol. The van der Waals surface area contributed by atoms with E-state index >= 15 is 0 Å². The lowest BCUT2D eigenvalue weighted by Gasteiger charge is -2.16. The number of rotatable bonds is 10. The molecule has 150 valence electrons. The van der Waals surface area contributed by atoms with E-state index in [1.807, 2.05) is 23.1 Å². The molecule has 1 amide bonds. The number of likely N-dealkylation sites (tertiary alicyclic amines) is 1. The number of benzene rings is 2. The van der Waals surface area contributed by atoms with Crippen LogP contribution in [0.3, 0.4) is 0 Å². The Kier molecular flexibility index (Phi) is 7.25. The van der Waals surface area contributed by atoms with Crippen molar-refractivity contribution in [3.63, 3.8) is 0 Å². The number of halogens is 1. The summed E-state index contributed by atoms with van der Waals surface area (Å²) < 4.78 is 24.9. The Labute approximate surface area is 165 Å². The number of hydrogen-bond donors (Lipinski definition) is 1. The number of nitrogens with one attached hydrogen (secondary N) is 1. The third-order valence-corrected chi connectivity index (χ3v) is 4.88. The number of carbonyl (C=O) groups is 1. The minimum Gasteiger partial charge on any atom is -0.496 e. The van der Waals surface area contributed by atoms with Gasteiger partial charge in [-0.25, -0.2) is 4.39 Å². The quantitative estimate of drug-likeness (QED) is 0.635. The van der Waals surface area contributed by atoms with Crippen LogP contribution in [0.4, 0.5) is 4.39 Å². The van der Waals surface area contributed by atoms with Gasteiger partial charge in [0.1, 0.15) is 23.9 Å². The maximum Gasteiger partial charge on any atom is 0.222 e. The van der Waals surface area contributed by atoms with E-state index in [0.29, 0.717) is 24.3 Å². The molecule has 0 saturated carbocycles. The second kappa shape index (κ2) is 10.1. The molecular weight excluding hydrogens is 359 g/mol. The van der Waals surface area contributed by atoms with Gasteiger partial charge in [0.25, 0.3) is 0 Å². The smallest absolute Gasteiger partial charge is 0.222 e. The first-order valence-electron chi connectivity index (χ1n) is 9.69. The molecule has 0 aliphatic carbocycles. The molecule has 0 aromatic heterocycles. The van der Waals surface area contributed by atoms with Crippen LogP contribution in [-0.2, 0) is 17.9 Å². The molecule has 1 fully saturated rings.